The van der Waals surface area contributed by atoms with Crippen molar-refractivity contribution in [3.63, 3.8) is 0 Å². The number of carbonyl (C=O) groups is 1. The van der Waals surface area contributed by atoms with Crippen molar-refractivity contribution in [2.45, 2.75) is 12.8 Å². The van der Waals surface area contributed by atoms with E-state index in [0.29, 0.717) is 44.2 Å². The Morgan fingerprint density at radius 1 is 1.24 bits per heavy atom. The lowest BCUT2D eigenvalue weighted by atomic mass is 9.84. The summed E-state index contributed by atoms with van der Waals surface area (Å²) < 4.78 is 5.49. The van der Waals surface area contributed by atoms with Gasteiger partial charge in [-0.25, -0.2) is 0 Å². The van der Waals surface area contributed by atoms with E-state index >= 15 is 0 Å². The number of benzene rings is 1. The molecule has 7 heteroatoms. The molecule has 0 aliphatic carbocycles. The minimum atomic E-state index is -0.0876. The van der Waals surface area contributed by atoms with Gasteiger partial charge in [-0.1, -0.05) is 18.2 Å². The van der Waals surface area contributed by atoms with Gasteiger partial charge in [0.1, 0.15) is 0 Å². The highest BCUT2D eigenvalue weighted by molar-refractivity contribution is 5.94. The number of amides is 1. The fourth-order valence-corrected chi connectivity index (χ4v) is 2.85. The number of hydrogen-bond donors (Lipinski definition) is 4. The molecule has 1 aromatic rings. The lowest BCUT2D eigenvalue weighted by Crippen LogP contribution is -2.46. The first-order valence-electron chi connectivity index (χ1n) is 8.65. The third kappa shape index (κ3) is 6.03. The molecular weight excluding hydrogens is 320 g/mol. The molecule has 1 saturated heterocycles. The molecule has 7 nitrogen and oxygen atoms in total. The normalized spacial score (nSPS) is 20.3. The van der Waals surface area contributed by atoms with Crippen molar-refractivity contribution in [2.24, 2.45) is 10.4 Å². The van der Waals surface area contributed by atoms with Crippen LogP contribution in [0.2, 0.25) is 0 Å². The van der Waals surface area contributed by atoms with Crippen LogP contribution in [0.5, 0.6) is 0 Å². The quantitative estimate of drug-likeness (QED) is 0.309. The van der Waals surface area contributed by atoms with Crippen molar-refractivity contribution in [1.29, 1.82) is 0 Å². The molecule has 138 valence electrons. The van der Waals surface area contributed by atoms with E-state index in [9.17, 15) is 9.90 Å². The van der Waals surface area contributed by atoms with Crippen LogP contribution < -0.4 is 16.0 Å². The van der Waals surface area contributed by atoms with Gasteiger partial charge in [0.25, 0.3) is 5.91 Å². The predicted octanol–water partition coefficient (Wildman–Crippen LogP) is 0.370. The summed E-state index contributed by atoms with van der Waals surface area (Å²) in [5, 5.41) is 18.6. The van der Waals surface area contributed by atoms with E-state index in [4.69, 9.17) is 4.74 Å². The number of rotatable bonds is 8. The molecule has 4 N–H and O–H groups in total. The second-order valence-corrected chi connectivity index (χ2v) is 6.25. The number of carbonyl (C=O) groups excluding carboxylic acids is 1. The number of ether oxygens (including phenoxy) is 1. The van der Waals surface area contributed by atoms with E-state index in [1.165, 1.54) is 0 Å². The van der Waals surface area contributed by atoms with Gasteiger partial charge in [-0.05, 0) is 25.0 Å². The lowest BCUT2D eigenvalue weighted by molar-refractivity contribution is 0.0954. The number of aliphatic hydroxyl groups is 1. The molecule has 1 aliphatic heterocycles. The lowest BCUT2D eigenvalue weighted by Gasteiger charge is -2.27. The van der Waals surface area contributed by atoms with Crippen molar-refractivity contribution in [2.75, 3.05) is 46.5 Å². The van der Waals surface area contributed by atoms with Gasteiger partial charge in [0, 0.05) is 50.9 Å². The molecule has 0 bridgehead atoms. The second kappa shape index (κ2) is 10.0. The Kier molecular flexibility index (Phi) is 7.69. The fourth-order valence-electron chi connectivity index (χ4n) is 2.85. The highest BCUT2D eigenvalue weighted by atomic mass is 16.5. The zero-order valence-electron chi connectivity index (χ0n) is 14.8. The van der Waals surface area contributed by atoms with Crippen molar-refractivity contribution in [1.82, 2.24) is 16.0 Å². The average molecular weight is 348 g/mol. The number of nitrogens with one attached hydrogen (secondary N) is 3. The van der Waals surface area contributed by atoms with E-state index in [1.54, 1.807) is 19.2 Å². The minimum absolute atomic E-state index is 0.0338. The predicted molar refractivity (Wildman–Crippen MR) is 97.7 cm³/mol. The number of hydrogen-bond acceptors (Lipinski definition) is 4. The van der Waals surface area contributed by atoms with E-state index in [0.717, 1.165) is 13.0 Å². The second-order valence-electron chi connectivity index (χ2n) is 6.25. The van der Waals surface area contributed by atoms with E-state index in [2.05, 4.69) is 20.9 Å². The summed E-state index contributed by atoms with van der Waals surface area (Å²) in [7, 11) is 1.71. The number of aliphatic hydroxyl groups excluding tert-OH is 1. The number of nitrogens with zero attached hydrogens (tertiary/aromatic N) is 1. The van der Waals surface area contributed by atoms with Crippen LogP contribution in [0, 0.1) is 5.41 Å². The molecule has 1 heterocycles. The number of guanidine groups is 1. The molecule has 25 heavy (non-hydrogen) atoms. The molecule has 1 unspecified atom stereocenters. The third-order valence-corrected chi connectivity index (χ3v) is 4.42. The van der Waals surface area contributed by atoms with Gasteiger partial charge >= 0.3 is 0 Å². The summed E-state index contributed by atoms with van der Waals surface area (Å²) in [6.45, 7) is 3.32. The Labute approximate surface area is 148 Å². The molecule has 1 amide bonds. The topological polar surface area (TPSA) is 95.0 Å². The van der Waals surface area contributed by atoms with E-state index < -0.39 is 0 Å². The first kappa shape index (κ1) is 19.2. The average Bonchev–Trinajstić information content (AvgIpc) is 3.11. The van der Waals surface area contributed by atoms with Crippen LogP contribution in [0.15, 0.2) is 35.3 Å². The van der Waals surface area contributed by atoms with Gasteiger partial charge in [-0.2, -0.15) is 0 Å². The van der Waals surface area contributed by atoms with Crippen molar-refractivity contribution in [3.8, 4) is 0 Å². The zero-order chi connectivity index (χ0) is 18.0. The summed E-state index contributed by atoms with van der Waals surface area (Å²) in [5.74, 6) is 0.591. The van der Waals surface area contributed by atoms with Crippen molar-refractivity contribution >= 4 is 11.9 Å². The van der Waals surface area contributed by atoms with Crippen LogP contribution in [-0.2, 0) is 4.74 Å². The summed E-state index contributed by atoms with van der Waals surface area (Å²) in [6.07, 6.45) is 1.65. The molecular formula is C18H28N4O3. The molecule has 1 fully saturated rings. The Morgan fingerprint density at radius 2 is 2.00 bits per heavy atom. The molecule has 1 atom stereocenters. The van der Waals surface area contributed by atoms with Gasteiger partial charge in [-0.15, -0.1) is 0 Å². The van der Waals surface area contributed by atoms with E-state index in [-0.39, 0.29) is 17.9 Å². The fraction of sp³-hybridized carbons (Fsp3) is 0.556. The summed E-state index contributed by atoms with van der Waals surface area (Å²) in [4.78, 5) is 16.1. The molecule has 2 rings (SSSR count). The van der Waals surface area contributed by atoms with Gasteiger partial charge in [0.2, 0.25) is 0 Å². The maximum atomic E-state index is 12.0. The van der Waals surface area contributed by atoms with Gasteiger partial charge in [0.15, 0.2) is 5.96 Å². The van der Waals surface area contributed by atoms with E-state index in [1.807, 2.05) is 18.2 Å². The summed E-state index contributed by atoms with van der Waals surface area (Å²) >= 11 is 0. The molecule has 0 radical (unpaired) electrons. The van der Waals surface area contributed by atoms with Crippen LogP contribution in [0.3, 0.4) is 0 Å². The first-order chi connectivity index (χ1) is 12.2. The largest absolute Gasteiger partial charge is 0.396 e. The Balaban J connectivity index is 1.69. The molecule has 0 spiro atoms. The molecule has 1 aliphatic rings. The molecule has 1 aromatic carbocycles. The van der Waals surface area contributed by atoms with Crippen LogP contribution in [0.1, 0.15) is 23.2 Å². The standard InChI is InChI=1S/C18H28N4O3/c1-19-17(22-13-18(7-11-23)8-12-25-14-18)21-10-9-20-16(24)15-5-3-2-4-6-15/h2-6,23H,7-14H2,1H3,(H,20,24)(H2,19,21,22). The van der Waals surface area contributed by atoms with Crippen LogP contribution in [0.4, 0.5) is 0 Å². The number of aliphatic imine (C=N–C) groups is 1. The van der Waals surface area contributed by atoms with Crippen molar-refractivity contribution < 1.29 is 14.6 Å². The minimum Gasteiger partial charge on any atom is -0.396 e. The maximum absolute atomic E-state index is 12.0. The highest BCUT2D eigenvalue weighted by Crippen LogP contribution is 2.31. The Hall–Kier alpha value is -2.12. The van der Waals surface area contributed by atoms with Crippen molar-refractivity contribution in [3.05, 3.63) is 35.9 Å². The molecule has 0 aromatic heterocycles. The monoisotopic (exact) mass is 348 g/mol. The smallest absolute Gasteiger partial charge is 0.251 e. The zero-order valence-corrected chi connectivity index (χ0v) is 14.8. The maximum Gasteiger partial charge on any atom is 0.251 e. The Bertz CT molecular complexity index is 557. The SMILES string of the molecule is CN=C(NCCNC(=O)c1ccccc1)NCC1(CCO)CCOC1. The first-order valence-corrected chi connectivity index (χ1v) is 8.65. The van der Waals surface area contributed by atoms with Crippen LogP contribution >= 0.6 is 0 Å². The van der Waals surface area contributed by atoms with Gasteiger partial charge < -0.3 is 25.8 Å². The highest BCUT2D eigenvalue weighted by Gasteiger charge is 2.34. The van der Waals surface area contributed by atoms with Crippen LogP contribution in [0.25, 0.3) is 0 Å². The molecule has 0 saturated carbocycles. The Morgan fingerprint density at radius 3 is 2.64 bits per heavy atom. The van der Waals surface area contributed by atoms with Gasteiger partial charge in [-0.3, -0.25) is 9.79 Å². The summed E-state index contributed by atoms with van der Waals surface area (Å²) in [5.41, 5.74) is 0.616. The third-order valence-electron chi connectivity index (χ3n) is 4.42. The van der Waals surface area contributed by atoms with Gasteiger partial charge in [0.05, 0.1) is 6.61 Å². The van der Waals surface area contributed by atoms with Crippen LogP contribution in [-0.4, -0.2) is 63.5 Å². The summed E-state index contributed by atoms with van der Waals surface area (Å²) in [6, 6.07) is 9.13.